The average molecular weight is 477 g/mol. The van der Waals surface area contributed by atoms with E-state index in [9.17, 15) is 4.79 Å². The van der Waals surface area contributed by atoms with E-state index in [0.29, 0.717) is 35.4 Å². The van der Waals surface area contributed by atoms with Crippen LogP contribution in [0, 0.1) is 6.92 Å². The third-order valence-corrected chi connectivity index (χ3v) is 6.51. The molecule has 1 aliphatic rings. The van der Waals surface area contributed by atoms with Gasteiger partial charge in [0, 0.05) is 36.8 Å². The van der Waals surface area contributed by atoms with Crippen LogP contribution in [0.25, 0.3) is 17.1 Å². The van der Waals surface area contributed by atoms with Crippen molar-refractivity contribution < 1.29 is 9.32 Å². The van der Waals surface area contributed by atoms with Crippen molar-refractivity contribution in [2.45, 2.75) is 19.9 Å². The Balaban J connectivity index is 1.23. The van der Waals surface area contributed by atoms with Crippen LogP contribution in [0.15, 0.2) is 65.3 Å². The summed E-state index contributed by atoms with van der Waals surface area (Å²) in [5, 5.41) is 9.19. The molecule has 1 aliphatic heterocycles. The van der Waals surface area contributed by atoms with E-state index in [0.717, 1.165) is 30.0 Å². The minimum absolute atomic E-state index is 0.0118. The molecule has 0 saturated carbocycles. The molecule has 4 aromatic rings. The van der Waals surface area contributed by atoms with Crippen molar-refractivity contribution in [2.75, 3.05) is 26.2 Å². The second kappa shape index (κ2) is 9.40. The number of carbonyl (C=O) groups excluding carboxylic acids is 1. The molecular weight excluding hydrogens is 452 g/mol. The van der Waals surface area contributed by atoms with Crippen molar-refractivity contribution >= 4 is 17.5 Å². The first-order chi connectivity index (χ1) is 16.5. The van der Waals surface area contributed by atoms with E-state index in [4.69, 9.17) is 16.1 Å². The van der Waals surface area contributed by atoms with Gasteiger partial charge in [-0.2, -0.15) is 10.1 Å². The minimum Gasteiger partial charge on any atom is -0.337 e. The topological polar surface area (TPSA) is 80.3 Å². The molecule has 0 bridgehead atoms. The van der Waals surface area contributed by atoms with Crippen molar-refractivity contribution in [3.63, 3.8) is 0 Å². The van der Waals surface area contributed by atoms with Crippen LogP contribution in [0.5, 0.6) is 0 Å². The Morgan fingerprint density at radius 3 is 2.56 bits per heavy atom. The lowest BCUT2D eigenvalue weighted by atomic mass is 10.1. The molecule has 174 valence electrons. The van der Waals surface area contributed by atoms with E-state index in [1.807, 2.05) is 66.4 Å². The smallest absolute Gasteiger partial charge is 0.257 e. The molecule has 0 radical (unpaired) electrons. The minimum atomic E-state index is -0.0328. The first-order valence-corrected chi connectivity index (χ1v) is 11.6. The van der Waals surface area contributed by atoms with Crippen molar-refractivity contribution in [3.05, 3.63) is 83.0 Å². The van der Waals surface area contributed by atoms with Crippen LogP contribution < -0.4 is 0 Å². The average Bonchev–Trinajstić information content (AvgIpc) is 3.51. The van der Waals surface area contributed by atoms with E-state index in [1.165, 1.54) is 0 Å². The van der Waals surface area contributed by atoms with E-state index >= 15 is 0 Å². The van der Waals surface area contributed by atoms with Crippen LogP contribution in [0.4, 0.5) is 0 Å². The van der Waals surface area contributed by atoms with Gasteiger partial charge in [0.15, 0.2) is 0 Å². The Hall–Kier alpha value is -3.49. The van der Waals surface area contributed by atoms with Gasteiger partial charge in [0.2, 0.25) is 11.7 Å². The van der Waals surface area contributed by atoms with Crippen molar-refractivity contribution in [1.82, 2.24) is 29.7 Å². The number of piperazine rings is 1. The van der Waals surface area contributed by atoms with Gasteiger partial charge in [0.1, 0.15) is 0 Å². The normalized spacial score (nSPS) is 15.4. The Morgan fingerprint density at radius 2 is 1.82 bits per heavy atom. The number of carbonyl (C=O) groups is 1. The molecule has 9 heteroatoms. The highest BCUT2D eigenvalue weighted by atomic mass is 35.5. The summed E-state index contributed by atoms with van der Waals surface area (Å²) < 4.78 is 7.29. The van der Waals surface area contributed by atoms with Crippen LogP contribution >= 0.6 is 11.6 Å². The summed E-state index contributed by atoms with van der Waals surface area (Å²) in [4.78, 5) is 21.9. The number of nitrogens with zero attached hydrogens (tertiary/aromatic N) is 6. The fourth-order valence-electron chi connectivity index (χ4n) is 4.24. The molecule has 0 aliphatic carbocycles. The third kappa shape index (κ3) is 4.34. The Bertz CT molecular complexity index is 1290. The molecule has 1 saturated heterocycles. The SMILES string of the molecule is Cc1c(C(=O)N2CCN(C(C)c3nc(-c4ccccc4)no3)CC2)cnn1-c1cccc(Cl)c1. The first-order valence-electron chi connectivity index (χ1n) is 11.2. The van der Waals surface area contributed by atoms with Crippen molar-refractivity contribution in [1.29, 1.82) is 0 Å². The number of benzene rings is 2. The number of rotatable bonds is 5. The lowest BCUT2D eigenvalue weighted by Gasteiger charge is -2.36. The van der Waals surface area contributed by atoms with Gasteiger partial charge in [-0.1, -0.05) is 53.2 Å². The molecule has 34 heavy (non-hydrogen) atoms. The fraction of sp³-hybridized carbons (Fsp3) is 0.280. The monoisotopic (exact) mass is 476 g/mol. The third-order valence-electron chi connectivity index (χ3n) is 6.27. The van der Waals surface area contributed by atoms with Crippen LogP contribution in [-0.2, 0) is 0 Å². The van der Waals surface area contributed by atoms with Crippen molar-refractivity contribution in [2.24, 2.45) is 0 Å². The van der Waals surface area contributed by atoms with E-state index in [2.05, 4.69) is 27.1 Å². The lowest BCUT2D eigenvalue weighted by molar-refractivity contribution is 0.0551. The molecule has 2 aromatic carbocycles. The zero-order valence-electron chi connectivity index (χ0n) is 19.1. The molecule has 0 spiro atoms. The summed E-state index contributed by atoms with van der Waals surface area (Å²) in [7, 11) is 0. The largest absolute Gasteiger partial charge is 0.337 e. The predicted molar refractivity (Wildman–Crippen MR) is 129 cm³/mol. The quantitative estimate of drug-likeness (QED) is 0.424. The van der Waals surface area contributed by atoms with Gasteiger partial charge in [-0.15, -0.1) is 0 Å². The van der Waals surface area contributed by atoms with Gasteiger partial charge in [-0.3, -0.25) is 9.69 Å². The maximum atomic E-state index is 13.2. The summed E-state index contributed by atoms with van der Waals surface area (Å²) in [5.74, 6) is 1.16. The summed E-state index contributed by atoms with van der Waals surface area (Å²) in [5.41, 5.74) is 3.15. The number of halogens is 1. The molecular formula is C25H25ClN6O2. The highest BCUT2D eigenvalue weighted by Gasteiger charge is 2.29. The number of amides is 1. The molecule has 5 rings (SSSR count). The summed E-state index contributed by atoms with van der Waals surface area (Å²) in [6, 6.07) is 17.2. The Labute approximate surface area is 202 Å². The first kappa shape index (κ1) is 22.3. The molecule has 1 atom stereocenters. The predicted octanol–water partition coefficient (Wildman–Crippen LogP) is 4.40. The van der Waals surface area contributed by atoms with Gasteiger partial charge < -0.3 is 9.42 Å². The van der Waals surface area contributed by atoms with Crippen LogP contribution in [-0.4, -0.2) is 61.8 Å². The molecule has 8 nitrogen and oxygen atoms in total. The molecule has 1 fully saturated rings. The maximum Gasteiger partial charge on any atom is 0.257 e. The van der Waals surface area contributed by atoms with Crippen LogP contribution in [0.2, 0.25) is 5.02 Å². The molecule has 0 N–H and O–H groups in total. The fourth-order valence-corrected chi connectivity index (χ4v) is 4.42. The van der Waals surface area contributed by atoms with Crippen LogP contribution in [0.1, 0.15) is 34.9 Å². The lowest BCUT2D eigenvalue weighted by Crippen LogP contribution is -2.49. The number of hydrogen-bond acceptors (Lipinski definition) is 6. The zero-order valence-corrected chi connectivity index (χ0v) is 19.8. The molecule has 3 heterocycles. The van der Waals surface area contributed by atoms with Gasteiger partial charge in [-0.05, 0) is 32.0 Å². The van der Waals surface area contributed by atoms with E-state index in [-0.39, 0.29) is 11.9 Å². The Kier molecular flexibility index (Phi) is 6.17. The molecule has 1 unspecified atom stereocenters. The standard InChI is InChI=1S/C25H25ClN6O2/c1-17-22(16-27-32(17)21-10-6-9-20(26)15-21)25(33)31-13-11-30(12-14-31)18(2)24-28-23(29-34-24)19-7-4-3-5-8-19/h3-10,15-16,18H,11-14H2,1-2H3. The van der Waals surface area contributed by atoms with E-state index in [1.54, 1.807) is 10.9 Å². The second-order valence-electron chi connectivity index (χ2n) is 8.36. The van der Waals surface area contributed by atoms with Crippen molar-refractivity contribution in [3.8, 4) is 17.1 Å². The summed E-state index contributed by atoms with van der Waals surface area (Å²) in [6.45, 7) is 6.63. The highest BCUT2D eigenvalue weighted by molar-refractivity contribution is 6.30. The zero-order chi connectivity index (χ0) is 23.7. The van der Waals surface area contributed by atoms with Crippen LogP contribution in [0.3, 0.4) is 0 Å². The second-order valence-corrected chi connectivity index (χ2v) is 8.80. The highest BCUT2D eigenvalue weighted by Crippen LogP contribution is 2.24. The molecule has 2 aromatic heterocycles. The number of hydrogen-bond donors (Lipinski definition) is 0. The van der Waals surface area contributed by atoms with Gasteiger partial charge in [-0.25, -0.2) is 4.68 Å². The number of aromatic nitrogens is 4. The van der Waals surface area contributed by atoms with E-state index < -0.39 is 0 Å². The van der Waals surface area contributed by atoms with Gasteiger partial charge in [0.05, 0.1) is 29.2 Å². The summed E-state index contributed by atoms with van der Waals surface area (Å²) >= 11 is 6.12. The summed E-state index contributed by atoms with van der Waals surface area (Å²) in [6.07, 6.45) is 1.64. The Morgan fingerprint density at radius 1 is 1.06 bits per heavy atom. The maximum absolute atomic E-state index is 13.2. The molecule has 1 amide bonds. The van der Waals surface area contributed by atoms with Gasteiger partial charge >= 0.3 is 0 Å². The van der Waals surface area contributed by atoms with Gasteiger partial charge in [0.25, 0.3) is 5.91 Å².